The maximum atomic E-state index is 12.9. The summed E-state index contributed by atoms with van der Waals surface area (Å²) < 4.78 is 49.5. The number of carbonyl (C=O) groups excluding carboxylic acids is 1. The molecule has 0 amide bonds. The number of nitro benzene ring substituents is 1. The topological polar surface area (TPSA) is 98.7 Å². The number of nitro groups is 1. The van der Waals surface area contributed by atoms with E-state index in [1.165, 1.54) is 0 Å². The molecule has 1 fully saturated rings. The molecule has 8 nitrogen and oxygen atoms in total. The molecule has 168 valence electrons. The Balaban J connectivity index is 1.37. The van der Waals surface area contributed by atoms with E-state index in [0.717, 1.165) is 12.1 Å². The molecule has 0 saturated carbocycles. The van der Waals surface area contributed by atoms with Gasteiger partial charge in [0, 0.05) is 19.2 Å². The molecule has 1 aliphatic heterocycles. The highest BCUT2D eigenvalue weighted by molar-refractivity contribution is 5.74. The largest absolute Gasteiger partial charge is 0.455 e. The zero-order chi connectivity index (χ0) is 22.9. The molecule has 1 saturated heterocycles. The number of alkyl halides is 3. The van der Waals surface area contributed by atoms with Crippen molar-refractivity contribution in [2.45, 2.75) is 25.6 Å². The summed E-state index contributed by atoms with van der Waals surface area (Å²) in [6, 6.07) is 9.61. The van der Waals surface area contributed by atoms with E-state index in [9.17, 15) is 28.1 Å². The van der Waals surface area contributed by atoms with Gasteiger partial charge in [0.05, 0.1) is 16.4 Å². The first-order chi connectivity index (χ1) is 15.2. The Bertz CT molecular complexity index is 1120. The van der Waals surface area contributed by atoms with Crippen molar-refractivity contribution in [3.05, 3.63) is 64.0 Å². The molecule has 0 radical (unpaired) electrons. The lowest BCUT2D eigenvalue weighted by Gasteiger charge is -2.32. The molecule has 2 aromatic carbocycles. The minimum absolute atomic E-state index is 0.0984. The van der Waals surface area contributed by atoms with Gasteiger partial charge in [0.25, 0.3) is 5.69 Å². The molecule has 0 N–H and O–H groups in total. The van der Waals surface area contributed by atoms with Crippen molar-refractivity contribution in [1.82, 2.24) is 4.98 Å². The van der Waals surface area contributed by atoms with Gasteiger partial charge >= 0.3 is 12.1 Å². The number of piperidine rings is 1. The average Bonchev–Trinajstić information content (AvgIpc) is 3.19. The zero-order valence-electron chi connectivity index (χ0n) is 16.7. The Morgan fingerprint density at radius 2 is 1.94 bits per heavy atom. The number of esters is 1. The number of halogens is 3. The summed E-state index contributed by atoms with van der Waals surface area (Å²) in [4.78, 5) is 28.8. The van der Waals surface area contributed by atoms with E-state index >= 15 is 0 Å². The molecular weight excluding hydrogens is 431 g/mol. The van der Waals surface area contributed by atoms with Crippen LogP contribution in [0.3, 0.4) is 0 Å². The second kappa shape index (κ2) is 8.48. The lowest BCUT2D eigenvalue weighted by molar-refractivity contribution is -0.384. The van der Waals surface area contributed by atoms with Crippen molar-refractivity contribution in [3.63, 3.8) is 0 Å². The van der Waals surface area contributed by atoms with Crippen molar-refractivity contribution < 1.29 is 32.0 Å². The van der Waals surface area contributed by atoms with Crippen molar-refractivity contribution in [3.8, 4) is 0 Å². The maximum absolute atomic E-state index is 12.9. The SMILES string of the molecule is O=C(OCc1nc2ccccc2o1)C1CCN(c2ccc(C(F)(F)F)cc2[N+](=O)[O-])CC1. The van der Waals surface area contributed by atoms with Gasteiger partial charge in [0.1, 0.15) is 11.2 Å². The summed E-state index contributed by atoms with van der Waals surface area (Å²) >= 11 is 0. The second-order valence-corrected chi connectivity index (χ2v) is 7.40. The number of benzene rings is 2. The van der Waals surface area contributed by atoms with Crippen LogP contribution in [-0.2, 0) is 22.3 Å². The van der Waals surface area contributed by atoms with Crippen LogP contribution in [0.15, 0.2) is 46.9 Å². The Morgan fingerprint density at radius 1 is 1.22 bits per heavy atom. The molecule has 32 heavy (non-hydrogen) atoms. The first-order valence-corrected chi connectivity index (χ1v) is 9.84. The Morgan fingerprint density at radius 3 is 2.59 bits per heavy atom. The fourth-order valence-electron chi connectivity index (χ4n) is 3.70. The first-order valence-electron chi connectivity index (χ1n) is 9.84. The van der Waals surface area contributed by atoms with Crippen LogP contribution in [0.25, 0.3) is 11.1 Å². The van der Waals surface area contributed by atoms with Gasteiger partial charge in [0.15, 0.2) is 12.2 Å². The highest BCUT2D eigenvalue weighted by atomic mass is 19.4. The van der Waals surface area contributed by atoms with Gasteiger partial charge in [0.2, 0.25) is 5.89 Å². The molecule has 1 aliphatic rings. The molecular formula is C21H18F3N3O5. The third kappa shape index (κ3) is 4.51. The molecule has 0 atom stereocenters. The molecule has 0 bridgehead atoms. The predicted octanol–water partition coefficient (Wildman–Crippen LogP) is 4.71. The van der Waals surface area contributed by atoms with Crippen LogP contribution in [0.2, 0.25) is 0 Å². The molecule has 2 heterocycles. The highest BCUT2D eigenvalue weighted by Gasteiger charge is 2.35. The number of fused-ring (bicyclic) bond motifs is 1. The summed E-state index contributed by atoms with van der Waals surface area (Å²) in [5.74, 6) is -0.588. The van der Waals surface area contributed by atoms with Gasteiger partial charge in [-0.3, -0.25) is 14.9 Å². The number of hydrogen-bond donors (Lipinski definition) is 0. The highest BCUT2D eigenvalue weighted by Crippen LogP contribution is 2.37. The number of rotatable bonds is 5. The summed E-state index contributed by atoms with van der Waals surface area (Å²) in [6.45, 7) is 0.432. The first kappa shape index (κ1) is 21.6. The number of para-hydroxylation sites is 2. The normalized spacial score (nSPS) is 15.2. The standard InChI is InChI=1S/C21H18F3N3O5/c22-21(23,24)14-5-6-16(17(11-14)27(29)30)26-9-7-13(8-10-26)20(28)31-12-19-25-15-3-1-2-4-18(15)32-19/h1-6,11,13H,7-10,12H2. The van der Waals surface area contributed by atoms with Crippen molar-refractivity contribution in [2.75, 3.05) is 18.0 Å². The third-order valence-corrected chi connectivity index (χ3v) is 5.34. The van der Waals surface area contributed by atoms with E-state index in [2.05, 4.69) is 4.98 Å². The summed E-state index contributed by atoms with van der Waals surface area (Å²) in [5, 5.41) is 11.3. The molecule has 0 spiro atoms. The number of aromatic nitrogens is 1. The fraction of sp³-hybridized carbons (Fsp3) is 0.333. The lowest BCUT2D eigenvalue weighted by Crippen LogP contribution is -2.37. The van der Waals surface area contributed by atoms with E-state index in [-0.39, 0.29) is 31.3 Å². The van der Waals surface area contributed by atoms with E-state index in [1.807, 2.05) is 6.07 Å². The van der Waals surface area contributed by atoms with E-state index in [4.69, 9.17) is 9.15 Å². The molecule has 11 heteroatoms. The number of ether oxygens (including phenoxy) is 1. The van der Waals surface area contributed by atoms with Gasteiger partial charge in [-0.05, 0) is 37.1 Å². The van der Waals surface area contributed by atoms with Gasteiger partial charge in [-0.1, -0.05) is 12.1 Å². The van der Waals surface area contributed by atoms with Gasteiger partial charge < -0.3 is 14.1 Å². The minimum Gasteiger partial charge on any atom is -0.455 e. The number of carbonyl (C=O) groups is 1. The predicted molar refractivity (Wildman–Crippen MR) is 107 cm³/mol. The van der Waals surface area contributed by atoms with Crippen LogP contribution in [0.4, 0.5) is 24.5 Å². The smallest absolute Gasteiger partial charge is 0.416 e. The van der Waals surface area contributed by atoms with Crippen LogP contribution >= 0.6 is 0 Å². The molecule has 4 rings (SSSR count). The quantitative estimate of drug-likeness (QED) is 0.316. The Labute approximate surface area is 179 Å². The van der Waals surface area contributed by atoms with Gasteiger partial charge in [-0.25, -0.2) is 4.98 Å². The summed E-state index contributed by atoms with van der Waals surface area (Å²) in [5.41, 5.74) is -0.348. The number of anilines is 1. The summed E-state index contributed by atoms with van der Waals surface area (Å²) in [6.07, 6.45) is -3.97. The van der Waals surface area contributed by atoms with Crippen molar-refractivity contribution >= 4 is 28.4 Å². The van der Waals surface area contributed by atoms with Gasteiger partial charge in [-0.15, -0.1) is 0 Å². The molecule has 1 aromatic heterocycles. The van der Waals surface area contributed by atoms with Crippen LogP contribution in [-0.4, -0.2) is 29.0 Å². The van der Waals surface area contributed by atoms with E-state index in [0.29, 0.717) is 30.0 Å². The van der Waals surface area contributed by atoms with Crippen LogP contribution in [0.5, 0.6) is 0 Å². The number of hydrogen-bond acceptors (Lipinski definition) is 7. The van der Waals surface area contributed by atoms with E-state index < -0.39 is 34.2 Å². The number of oxazole rings is 1. The lowest BCUT2D eigenvalue weighted by atomic mass is 9.96. The van der Waals surface area contributed by atoms with E-state index in [1.54, 1.807) is 23.1 Å². The average molecular weight is 449 g/mol. The van der Waals surface area contributed by atoms with Crippen molar-refractivity contribution in [2.24, 2.45) is 5.92 Å². The minimum atomic E-state index is -4.67. The number of nitrogens with zero attached hydrogens (tertiary/aromatic N) is 3. The third-order valence-electron chi connectivity index (χ3n) is 5.34. The van der Waals surface area contributed by atoms with Crippen molar-refractivity contribution in [1.29, 1.82) is 0 Å². The molecule has 0 unspecified atom stereocenters. The monoisotopic (exact) mass is 449 g/mol. The summed E-state index contributed by atoms with van der Waals surface area (Å²) in [7, 11) is 0. The van der Waals surface area contributed by atoms with Crippen LogP contribution in [0.1, 0.15) is 24.3 Å². The zero-order valence-corrected chi connectivity index (χ0v) is 16.7. The van der Waals surface area contributed by atoms with Crippen LogP contribution in [0, 0.1) is 16.0 Å². The Kier molecular flexibility index (Phi) is 5.72. The van der Waals surface area contributed by atoms with Crippen LogP contribution < -0.4 is 4.90 Å². The molecule has 3 aromatic rings. The fourth-order valence-corrected chi connectivity index (χ4v) is 3.70. The maximum Gasteiger partial charge on any atom is 0.416 e. The Hall–Kier alpha value is -3.63. The molecule has 0 aliphatic carbocycles. The second-order valence-electron chi connectivity index (χ2n) is 7.40. The van der Waals surface area contributed by atoms with Gasteiger partial charge in [-0.2, -0.15) is 13.2 Å².